The van der Waals surface area contributed by atoms with Crippen LogP contribution in [0.4, 0.5) is 4.39 Å². The Morgan fingerprint density at radius 2 is 1.47 bits per heavy atom. The standard InChI is InChI=1S/C40H41FN4O2/c41-33-20-18-32(19-21-33)29-45-35-16-8-7-15-34(35)42-38(45)37(46)36-17-9-10-24-43(36)25-22-40(27-30-11-3-1-4-12-30)23-26-44(39(40)47)28-31-13-5-2-6-14-31/h1-8,11-16,18-21,36H,9-10,17,22-29H2. The Morgan fingerprint density at radius 3 is 2.23 bits per heavy atom. The van der Waals surface area contributed by atoms with Crippen molar-refractivity contribution in [1.82, 2.24) is 19.4 Å². The first-order valence-electron chi connectivity index (χ1n) is 16.8. The number of rotatable bonds is 11. The predicted molar refractivity (Wildman–Crippen MR) is 182 cm³/mol. The van der Waals surface area contributed by atoms with Crippen molar-refractivity contribution in [3.63, 3.8) is 0 Å². The molecule has 2 saturated heterocycles. The van der Waals surface area contributed by atoms with E-state index in [9.17, 15) is 14.0 Å². The molecule has 7 heteroatoms. The van der Waals surface area contributed by atoms with Crippen LogP contribution in [0.25, 0.3) is 11.0 Å². The van der Waals surface area contributed by atoms with Crippen LogP contribution in [-0.2, 0) is 24.3 Å². The Balaban J connectivity index is 1.14. The number of piperidine rings is 1. The minimum atomic E-state index is -0.517. The summed E-state index contributed by atoms with van der Waals surface area (Å²) in [7, 11) is 0. The number of hydrogen-bond acceptors (Lipinski definition) is 4. The molecule has 2 fully saturated rings. The molecule has 6 nitrogen and oxygen atoms in total. The number of fused-ring (bicyclic) bond motifs is 1. The van der Waals surface area contributed by atoms with E-state index in [0.717, 1.165) is 60.9 Å². The molecule has 2 aliphatic rings. The zero-order chi connectivity index (χ0) is 32.2. The number of halogens is 1. The maximum Gasteiger partial charge on any atom is 0.229 e. The van der Waals surface area contributed by atoms with Crippen LogP contribution < -0.4 is 0 Å². The summed E-state index contributed by atoms with van der Waals surface area (Å²) >= 11 is 0. The molecule has 2 atom stereocenters. The van der Waals surface area contributed by atoms with Gasteiger partial charge in [0.15, 0.2) is 5.82 Å². The SMILES string of the molecule is O=C(c1nc2ccccc2n1Cc1ccc(F)cc1)C1CCCCN1CCC1(Cc2ccccc2)CCN(Cc2ccccc2)C1=O. The number of likely N-dealkylation sites (tertiary alicyclic amines) is 2. The van der Waals surface area contributed by atoms with Gasteiger partial charge in [-0.1, -0.05) is 91.3 Å². The van der Waals surface area contributed by atoms with Crippen molar-refractivity contribution in [2.45, 2.75) is 57.7 Å². The number of Topliss-reactive ketones (excluding diaryl/α,β-unsaturated/α-hetero) is 1. The Labute approximate surface area is 275 Å². The second kappa shape index (κ2) is 13.6. The molecule has 0 N–H and O–H groups in total. The summed E-state index contributed by atoms with van der Waals surface area (Å²) in [6, 6.07) is 34.5. The summed E-state index contributed by atoms with van der Waals surface area (Å²) in [5, 5.41) is 0. The van der Waals surface area contributed by atoms with E-state index in [-0.39, 0.29) is 23.5 Å². The lowest BCUT2D eigenvalue weighted by Gasteiger charge is -2.37. The number of carbonyl (C=O) groups excluding carboxylic acids is 2. The highest BCUT2D eigenvalue weighted by Gasteiger charge is 2.47. The van der Waals surface area contributed by atoms with Crippen LogP contribution in [0.2, 0.25) is 0 Å². The fourth-order valence-corrected chi connectivity index (χ4v) is 7.58. The van der Waals surface area contributed by atoms with E-state index in [0.29, 0.717) is 38.3 Å². The lowest BCUT2D eigenvalue weighted by atomic mass is 9.76. The highest BCUT2D eigenvalue weighted by atomic mass is 19.1. The zero-order valence-electron chi connectivity index (χ0n) is 26.7. The van der Waals surface area contributed by atoms with Crippen molar-refractivity contribution in [2.75, 3.05) is 19.6 Å². The first-order chi connectivity index (χ1) is 23.0. The monoisotopic (exact) mass is 628 g/mol. The van der Waals surface area contributed by atoms with E-state index in [2.05, 4.69) is 29.2 Å². The van der Waals surface area contributed by atoms with Crippen LogP contribution in [0.5, 0.6) is 0 Å². The first-order valence-corrected chi connectivity index (χ1v) is 16.8. The minimum absolute atomic E-state index is 0.0172. The van der Waals surface area contributed by atoms with E-state index in [1.165, 1.54) is 17.7 Å². The van der Waals surface area contributed by atoms with E-state index >= 15 is 0 Å². The number of aromatic nitrogens is 2. The van der Waals surface area contributed by atoms with Gasteiger partial charge in [-0.05, 0) is 86.1 Å². The van der Waals surface area contributed by atoms with Crippen LogP contribution in [0.15, 0.2) is 109 Å². The van der Waals surface area contributed by atoms with Crippen LogP contribution in [-0.4, -0.2) is 56.7 Å². The third-order valence-corrected chi connectivity index (χ3v) is 10.1. The molecule has 2 unspecified atom stereocenters. The van der Waals surface area contributed by atoms with Gasteiger partial charge in [0.25, 0.3) is 0 Å². The van der Waals surface area contributed by atoms with Gasteiger partial charge in [0.05, 0.1) is 22.5 Å². The summed E-state index contributed by atoms with van der Waals surface area (Å²) in [4.78, 5) is 38.0. The van der Waals surface area contributed by atoms with Gasteiger partial charge >= 0.3 is 0 Å². The quantitative estimate of drug-likeness (QED) is 0.144. The number of amides is 1. The minimum Gasteiger partial charge on any atom is -0.338 e. The van der Waals surface area contributed by atoms with Crippen molar-refractivity contribution in [3.8, 4) is 0 Å². The predicted octanol–water partition coefficient (Wildman–Crippen LogP) is 7.31. The number of imidazole rings is 1. The van der Waals surface area contributed by atoms with Crippen molar-refractivity contribution in [1.29, 1.82) is 0 Å². The number of carbonyl (C=O) groups is 2. The molecule has 0 bridgehead atoms. The normalized spacial score (nSPS) is 20.2. The largest absolute Gasteiger partial charge is 0.338 e. The molecule has 1 aromatic heterocycles. The summed E-state index contributed by atoms with van der Waals surface area (Å²) < 4.78 is 15.7. The van der Waals surface area contributed by atoms with Gasteiger partial charge in [-0.3, -0.25) is 14.5 Å². The molecule has 1 amide bonds. The summed E-state index contributed by atoms with van der Waals surface area (Å²) in [6.45, 7) is 3.27. The molecule has 3 heterocycles. The average molecular weight is 629 g/mol. The van der Waals surface area contributed by atoms with Crippen molar-refractivity contribution in [3.05, 3.63) is 138 Å². The fourth-order valence-electron chi connectivity index (χ4n) is 7.58. The average Bonchev–Trinajstić information content (AvgIpc) is 3.62. The van der Waals surface area contributed by atoms with E-state index in [1.54, 1.807) is 12.1 Å². The Bertz CT molecular complexity index is 1840. The third kappa shape index (κ3) is 6.63. The topological polar surface area (TPSA) is 58.4 Å². The maximum atomic E-state index is 14.5. The first kappa shape index (κ1) is 31.0. The van der Waals surface area contributed by atoms with E-state index in [4.69, 9.17) is 4.98 Å². The Kier molecular flexibility index (Phi) is 8.99. The number of nitrogens with zero attached hydrogens (tertiary/aromatic N) is 4. The second-order valence-electron chi connectivity index (χ2n) is 13.2. The summed E-state index contributed by atoms with van der Waals surface area (Å²) in [5.74, 6) is 0.388. The Hall–Kier alpha value is -4.62. The highest BCUT2D eigenvalue weighted by molar-refractivity contribution is 6.00. The molecule has 4 aromatic carbocycles. The summed E-state index contributed by atoms with van der Waals surface area (Å²) in [6.07, 6.45) is 4.95. The molecule has 0 saturated carbocycles. The van der Waals surface area contributed by atoms with Gasteiger partial charge in [-0.2, -0.15) is 0 Å². The second-order valence-corrected chi connectivity index (χ2v) is 13.2. The lowest BCUT2D eigenvalue weighted by Crippen LogP contribution is -2.48. The van der Waals surface area contributed by atoms with Gasteiger partial charge in [-0.25, -0.2) is 9.37 Å². The van der Waals surface area contributed by atoms with Gasteiger partial charge in [0.1, 0.15) is 5.82 Å². The van der Waals surface area contributed by atoms with Gasteiger partial charge in [-0.15, -0.1) is 0 Å². The van der Waals surface area contributed by atoms with Crippen LogP contribution in [0.3, 0.4) is 0 Å². The van der Waals surface area contributed by atoms with Gasteiger partial charge < -0.3 is 9.47 Å². The number of ketones is 1. The number of para-hydroxylation sites is 2. The molecular formula is C40H41FN4O2. The van der Waals surface area contributed by atoms with Crippen molar-refractivity contribution in [2.24, 2.45) is 5.41 Å². The third-order valence-electron chi connectivity index (χ3n) is 10.1. The number of hydrogen-bond donors (Lipinski definition) is 0. The maximum absolute atomic E-state index is 14.5. The van der Waals surface area contributed by atoms with Crippen LogP contribution in [0.1, 0.15) is 59.4 Å². The van der Waals surface area contributed by atoms with E-state index < -0.39 is 5.41 Å². The molecule has 47 heavy (non-hydrogen) atoms. The molecule has 240 valence electrons. The summed E-state index contributed by atoms with van der Waals surface area (Å²) in [5.41, 5.74) is 4.37. The van der Waals surface area contributed by atoms with E-state index in [1.807, 2.05) is 70.1 Å². The lowest BCUT2D eigenvalue weighted by molar-refractivity contribution is -0.137. The van der Waals surface area contributed by atoms with Crippen LogP contribution >= 0.6 is 0 Å². The molecule has 0 spiro atoms. The van der Waals surface area contributed by atoms with Gasteiger partial charge in [0, 0.05) is 19.6 Å². The van der Waals surface area contributed by atoms with Crippen LogP contribution in [0, 0.1) is 11.2 Å². The molecule has 5 aromatic rings. The number of benzene rings is 4. The smallest absolute Gasteiger partial charge is 0.229 e. The molecule has 0 aliphatic carbocycles. The molecule has 2 aliphatic heterocycles. The van der Waals surface area contributed by atoms with Crippen molar-refractivity contribution >= 4 is 22.7 Å². The van der Waals surface area contributed by atoms with Gasteiger partial charge in [0.2, 0.25) is 11.7 Å². The zero-order valence-corrected chi connectivity index (χ0v) is 26.7. The Morgan fingerprint density at radius 1 is 0.787 bits per heavy atom. The highest BCUT2D eigenvalue weighted by Crippen LogP contribution is 2.40. The molecule has 0 radical (unpaired) electrons. The molecule has 7 rings (SSSR count). The van der Waals surface area contributed by atoms with Crippen molar-refractivity contribution < 1.29 is 14.0 Å². The fraction of sp³-hybridized carbons (Fsp3) is 0.325. The molecular weight excluding hydrogens is 587 g/mol.